The van der Waals surface area contributed by atoms with E-state index in [1.54, 1.807) is 31.2 Å². The Bertz CT molecular complexity index is 956. The Morgan fingerprint density at radius 1 is 1.17 bits per heavy atom. The average Bonchev–Trinajstić information content (AvgIpc) is 2.97. The minimum absolute atomic E-state index is 0.274. The molecule has 2 aromatic rings. The Kier molecular flexibility index (Phi) is 7.91. The van der Waals surface area contributed by atoms with E-state index >= 15 is 0 Å². The summed E-state index contributed by atoms with van der Waals surface area (Å²) in [5.41, 5.74) is 1.36. The number of halogens is 1. The number of aryl methyl sites for hydroxylation is 1. The fourth-order valence-corrected chi connectivity index (χ4v) is 3.77. The molecule has 154 valence electrons. The highest BCUT2D eigenvalue weighted by Crippen LogP contribution is 2.32. The molecule has 2 N–H and O–H groups in total. The number of thiophene rings is 1. The van der Waals surface area contributed by atoms with Gasteiger partial charge in [-0.1, -0.05) is 22.0 Å². The second-order valence-electron chi connectivity index (χ2n) is 5.88. The molecule has 29 heavy (non-hydrogen) atoms. The summed E-state index contributed by atoms with van der Waals surface area (Å²) in [7, 11) is 1.25. The van der Waals surface area contributed by atoms with Gasteiger partial charge in [0.2, 0.25) is 0 Å². The molecular weight excluding hydrogens is 464 g/mol. The van der Waals surface area contributed by atoms with Crippen LogP contribution in [0.2, 0.25) is 0 Å². The van der Waals surface area contributed by atoms with E-state index < -0.39 is 30.4 Å². The van der Waals surface area contributed by atoms with Gasteiger partial charge in [0.05, 0.1) is 12.7 Å². The predicted octanol–water partition coefficient (Wildman–Crippen LogP) is 2.83. The number of methoxy groups -OCH3 is 1. The summed E-state index contributed by atoms with van der Waals surface area (Å²) in [4.78, 5) is 48.6. The Hall–Kier alpha value is -2.72. The number of ether oxygens (including phenoxy) is 2. The maximum atomic E-state index is 12.1. The molecule has 0 aliphatic heterocycles. The van der Waals surface area contributed by atoms with Crippen LogP contribution in [0.3, 0.4) is 0 Å². The molecule has 0 unspecified atom stereocenters. The summed E-state index contributed by atoms with van der Waals surface area (Å²) in [5, 5.41) is 5.29. The van der Waals surface area contributed by atoms with E-state index in [0.717, 1.165) is 9.35 Å². The molecule has 0 saturated carbocycles. The minimum atomic E-state index is -0.768. The molecule has 0 radical (unpaired) electrons. The van der Waals surface area contributed by atoms with Crippen molar-refractivity contribution >= 4 is 56.0 Å². The van der Waals surface area contributed by atoms with Crippen molar-refractivity contribution in [2.75, 3.05) is 25.6 Å². The number of benzene rings is 1. The first kappa shape index (κ1) is 22.6. The first-order chi connectivity index (χ1) is 13.7. The highest BCUT2D eigenvalue weighted by Gasteiger charge is 2.22. The van der Waals surface area contributed by atoms with Gasteiger partial charge in [0, 0.05) is 14.9 Å². The quantitative estimate of drug-likeness (QED) is 0.586. The van der Waals surface area contributed by atoms with E-state index in [4.69, 9.17) is 9.47 Å². The summed E-state index contributed by atoms with van der Waals surface area (Å²) < 4.78 is 10.3. The molecule has 0 saturated heterocycles. The standard InChI is InChI=1S/C19H19BrN2O6S/c1-10-11(2)29-18(16(10)19(26)27-3)22-14(23)9-28-15(24)8-21-17(25)12-5-4-6-13(20)7-12/h4-7H,8-9H2,1-3H3,(H,21,25)(H,22,23). The number of amides is 2. The number of nitrogens with one attached hydrogen (secondary N) is 2. The maximum absolute atomic E-state index is 12.1. The lowest BCUT2D eigenvalue weighted by atomic mass is 10.1. The lowest BCUT2D eigenvalue weighted by Crippen LogP contribution is -2.32. The van der Waals surface area contributed by atoms with Crippen molar-refractivity contribution in [1.82, 2.24) is 5.32 Å². The molecular formula is C19H19BrN2O6S. The second-order valence-corrected chi connectivity index (χ2v) is 8.02. The zero-order chi connectivity index (χ0) is 21.6. The van der Waals surface area contributed by atoms with Crippen molar-refractivity contribution in [3.63, 3.8) is 0 Å². The smallest absolute Gasteiger partial charge is 0.341 e. The molecule has 2 amide bonds. The molecule has 1 heterocycles. The summed E-state index contributed by atoms with van der Waals surface area (Å²) in [6.07, 6.45) is 0. The average molecular weight is 483 g/mol. The summed E-state index contributed by atoms with van der Waals surface area (Å²) in [5.74, 6) is -2.38. The molecule has 1 aromatic carbocycles. The van der Waals surface area contributed by atoms with Gasteiger partial charge in [-0.2, -0.15) is 0 Å². The Morgan fingerprint density at radius 3 is 2.55 bits per heavy atom. The van der Waals surface area contributed by atoms with Gasteiger partial charge in [0.1, 0.15) is 11.5 Å². The number of hydrogen-bond donors (Lipinski definition) is 2. The summed E-state index contributed by atoms with van der Waals surface area (Å²) in [6, 6.07) is 6.67. The molecule has 2 rings (SSSR count). The van der Waals surface area contributed by atoms with E-state index in [-0.39, 0.29) is 12.1 Å². The van der Waals surface area contributed by atoms with Gasteiger partial charge < -0.3 is 20.1 Å². The molecule has 1 aromatic heterocycles. The van der Waals surface area contributed by atoms with Crippen LogP contribution in [0.1, 0.15) is 31.2 Å². The summed E-state index contributed by atoms with van der Waals surface area (Å²) >= 11 is 4.48. The van der Waals surface area contributed by atoms with Gasteiger partial charge in [-0.05, 0) is 37.6 Å². The van der Waals surface area contributed by atoms with Crippen molar-refractivity contribution < 1.29 is 28.7 Å². The zero-order valence-electron chi connectivity index (χ0n) is 16.0. The van der Waals surface area contributed by atoms with Crippen LogP contribution in [0.15, 0.2) is 28.7 Å². The first-order valence-corrected chi connectivity index (χ1v) is 10.0. The van der Waals surface area contributed by atoms with Crippen LogP contribution in [0.4, 0.5) is 5.00 Å². The number of hydrogen-bond acceptors (Lipinski definition) is 7. The van der Waals surface area contributed by atoms with E-state index in [0.29, 0.717) is 16.1 Å². The van der Waals surface area contributed by atoms with Gasteiger partial charge in [-0.15, -0.1) is 11.3 Å². The van der Waals surface area contributed by atoms with Gasteiger partial charge in [0.25, 0.3) is 11.8 Å². The monoisotopic (exact) mass is 482 g/mol. The highest BCUT2D eigenvalue weighted by molar-refractivity contribution is 9.10. The third-order valence-corrected chi connectivity index (χ3v) is 5.49. The highest BCUT2D eigenvalue weighted by atomic mass is 79.9. The SMILES string of the molecule is COC(=O)c1c(NC(=O)COC(=O)CNC(=O)c2cccc(Br)c2)sc(C)c1C. The van der Waals surface area contributed by atoms with Crippen LogP contribution < -0.4 is 10.6 Å². The third-order valence-electron chi connectivity index (χ3n) is 3.87. The molecule has 0 aliphatic rings. The lowest BCUT2D eigenvalue weighted by Gasteiger charge is -2.08. The van der Waals surface area contributed by atoms with Crippen molar-refractivity contribution in [3.8, 4) is 0 Å². The molecule has 0 spiro atoms. The van der Waals surface area contributed by atoms with Crippen LogP contribution in [-0.2, 0) is 19.1 Å². The van der Waals surface area contributed by atoms with Crippen LogP contribution in [0.25, 0.3) is 0 Å². The van der Waals surface area contributed by atoms with Crippen LogP contribution in [0, 0.1) is 13.8 Å². The largest absolute Gasteiger partial charge is 0.465 e. The number of anilines is 1. The molecule has 0 atom stereocenters. The van der Waals surface area contributed by atoms with E-state index in [1.807, 2.05) is 6.92 Å². The number of carbonyl (C=O) groups excluding carboxylic acids is 4. The third kappa shape index (κ3) is 6.13. The van der Waals surface area contributed by atoms with Crippen LogP contribution in [0.5, 0.6) is 0 Å². The van der Waals surface area contributed by atoms with Crippen molar-refractivity contribution in [3.05, 3.63) is 50.3 Å². The van der Waals surface area contributed by atoms with E-state index in [9.17, 15) is 19.2 Å². The Labute approximate surface area is 179 Å². The number of esters is 2. The van der Waals surface area contributed by atoms with Crippen molar-refractivity contribution in [1.29, 1.82) is 0 Å². The molecule has 8 nitrogen and oxygen atoms in total. The van der Waals surface area contributed by atoms with Crippen molar-refractivity contribution in [2.24, 2.45) is 0 Å². The van der Waals surface area contributed by atoms with Crippen molar-refractivity contribution in [2.45, 2.75) is 13.8 Å². The Balaban J connectivity index is 1.85. The van der Waals surface area contributed by atoms with E-state index in [2.05, 4.69) is 26.6 Å². The first-order valence-electron chi connectivity index (χ1n) is 8.40. The molecule has 0 aliphatic carbocycles. The maximum Gasteiger partial charge on any atom is 0.341 e. The van der Waals surface area contributed by atoms with Gasteiger partial charge in [-0.25, -0.2) is 4.79 Å². The normalized spacial score (nSPS) is 10.2. The number of rotatable bonds is 7. The van der Waals surface area contributed by atoms with Crippen LogP contribution >= 0.6 is 27.3 Å². The topological polar surface area (TPSA) is 111 Å². The van der Waals surface area contributed by atoms with Gasteiger partial charge in [0.15, 0.2) is 6.61 Å². The predicted molar refractivity (Wildman–Crippen MR) is 111 cm³/mol. The molecule has 0 bridgehead atoms. The van der Waals surface area contributed by atoms with E-state index in [1.165, 1.54) is 18.4 Å². The molecule has 0 fully saturated rings. The number of carbonyl (C=O) groups is 4. The van der Waals surface area contributed by atoms with Gasteiger partial charge in [-0.3, -0.25) is 14.4 Å². The van der Waals surface area contributed by atoms with Gasteiger partial charge >= 0.3 is 11.9 Å². The fourth-order valence-electron chi connectivity index (χ4n) is 2.31. The Morgan fingerprint density at radius 2 is 1.90 bits per heavy atom. The minimum Gasteiger partial charge on any atom is -0.465 e. The lowest BCUT2D eigenvalue weighted by molar-refractivity contribution is -0.146. The fraction of sp³-hybridized carbons (Fsp3) is 0.263. The van der Waals surface area contributed by atoms with Crippen LogP contribution in [-0.4, -0.2) is 44.0 Å². The summed E-state index contributed by atoms with van der Waals surface area (Å²) in [6.45, 7) is 2.63. The second kappa shape index (κ2) is 10.2. The zero-order valence-corrected chi connectivity index (χ0v) is 18.4. The molecule has 10 heteroatoms.